The Morgan fingerprint density at radius 2 is 1.79 bits per heavy atom. The number of amides is 3. The zero-order valence-corrected chi connectivity index (χ0v) is 23.8. The minimum absolute atomic E-state index is 0.121. The maximum atomic E-state index is 12.8. The molecule has 1 aliphatic rings. The van der Waals surface area contributed by atoms with Gasteiger partial charge in [-0.05, 0) is 59.9 Å². The van der Waals surface area contributed by atoms with Gasteiger partial charge in [0, 0.05) is 12.1 Å². The maximum Gasteiger partial charge on any atom is 0.416 e. The number of rotatable bonds is 6. The quantitative estimate of drug-likeness (QED) is 0.268. The standard InChI is InChI=1S/C30H27F3N6O2S/c1-18(2)24-13-4-19(3)14-25(24)39-26(40)16-42-29(39)36-28(41)34-15-20-5-7-21(8-6-20)27-35-17-38(37-27)23-11-9-22(10-12-23)30(31,32)33/h4-14,17-18H,15-16H2,1-3H3,(H,34,41). The molecule has 12 heteroatoms. The van der Waals surface area contributed by atoms with Gasteiger partial charge < -0.3 is 5.32 Å². The first-order valence-corrected chi connectivity index (χ1v) is 14.1. The van der Waals surface area contributed by atoms with E-state index in [2.05, 4.69) is 34.2 Å². The summed E-state index contributed by atoms with van der Waals surface area (Å²) >= 11 is 1.23. The lowest BCUT2D eigenvalue weighted by atomic mass is 9.99. The summed E-state index contributed by atoms with van der Waals surface area (Å²) in [5.74, 6) is 0.675. The molecule has 1 saturated heterocycles. The minimum Gasteiger partial charge on any atom is -0.332 e. The highest BCUT2D eigenvalue weighted by Crippen LogP contribution is 2.34. The van der Waals surface area contributed by atoms with Crippen LogP contribution in [-0.2, 0) is 17.5 Å². The average molecular weight is 593 g/mol. The van der Waals surface area contributed by atoms with Crippen molar-refractivity contribution >= 4 is 34.6 Å². The van der Waals surface area contributed by atoms with Crippen LogP contribution < -0.4 is 10.2 Å². The van der Waals surface area contributed by atoms with Crippen LogP contribution in [-0.4, -0.2) is 37.6 Å². The van der Waals surface area contributed by atoms with E-state index in [-0.39, 0.29) is 24.1 Å². The van der Waals surface area contributed by atoms with Gasteiger partial charge in [0.25, 0.3) is 0 Å². The number of alkyl halides is 3. The molecule has 0 saturated carbocycles. The SMILES string of the molecule is Cc1ccc(C(C)C)c(N2C(=O)CSC2=NC(=O)NCc2ccc(-c3ncn(-c4ccc(C(F)(F)F)cc4)n3)cc2)c1. The Morgan fingerprint density at radius 3 is 2.45 bits per heavy atom. The smallest absolute Gasteiger partial charge is 0.332 e. The van der Waals surface area contributed by atoms with Crippen molar-refractivity contribution in [2.24, 2.45) is 4.99 Å². The second kappa shape index (κ2) is 11.8. The van der Waals surface area contributed by atoms with Crippen molar-refractivity contribution in [3.8, 4) is 17.1 Å². The molecule has 216 valence electrons. The van der Waals surface area contributed by atoms with Crippen LogP contribution in [0.3, 0.4) is 0 Å². The molecule has 42 heavy (non-hydrogen) atoms. The molecule has 2 heterocycles. The van der Waals surface area contributed by atoms with Crippen LogP contribution in [0.1, 0.15) is 42.0 Å². The van der Waals surface area contributed by atoms with Crippen LogP contribution >= 0.6 is 11.8 Å². The normalized spacial score (nSPS) is 14.7. The predicted octanol–water partition coefficient (Wildman–Crippen LogP) is 6.73. The fraction of sp³-hybridized carbons (Fsp3) is 0.233. The van der Waals surface area contributed by atoms with Crippen molar-refractivity contribution in [3.63, 3.8) is 0 Å². The molecule has 0 spiro atoms. The number of aromatic nitrogens is 3. The van der Waals surface area contributed by atoms with Crippen LogP contribution in [0, 0.1) is 6.92 Å². The molecule has 0 atom stereocenters. The Labute approximate surface area is 244 Å². The van der Waals surface area contributed by atoms with Crippen molar-refractivity contribution in [2.75, 3.05) is 10.7 Å². The monoisotopic (exact) mass is 592 g/mol. The molecule has 1 aliphatic heterocycles. The van der Waals surface area contributed by atoms with Gasteiger partial charge >= 0.3 is 12.2 Å². The van der Waals surface area contributed by atoms with E-state index in [1.54, 1.807) is 12.1 Å². The molecule has 0 bridgehead atoms. The molecule has 5 rings (SSSR count). The van der Waals surface area contributed by atoms with Gasteiger partial charge in [0.2, 0.25) is 5.91 Å². The topological polar surface area (TPSA) is 92.5 Å². The largest absolute Gasteiger partial charge is 0.416 e. The van der Waals surface area contributed by atoms with E-state index in [0.29, 0.717) is 22.2 Å². The molecule has 1 fully saturated rings. The highest BCUT2D eigenvalue weighted by atomic mass is 32.2. The van der Waals surface area contributed by atoms with E-state index in [1.165, 1.54) is 39.8 Å². The summed E-state index contributed by atoms with van der Waals surface area (Å²) in [6, 6.07) is 17.2. The van der Waals surface area contributed by atoms with Crippen molar-refractivity contribution < 1.29 is 22.8 Å². The van der Waals surface area contributed by atoms with Crippen molar-refractivity contribution in [3.05, 3.63) is 95.3 Å². The number of nitrogens with one attached hydrogen (secondary N) is 1. The molecular weight excluding hydrogens is 565 g/mol. The van der Waals surface area contributed by atoms with Crippen LogP contribution in [0.25, 0.3) is 17.1 Å². The summed E-state index contributed by atoms with van der Waals surface area (Å²) in [7, 11) is 0. The Balaban J connectivity index is 1.23. The first kappa shape index (κ1) is 29.1. The number of urea groups is 1. The number of carbonyl (C=O) groups excluding carboxylic acids is 2. The summed E-state index contributed by atoms with van der Waals surface area (Å²) < 4.78 is 39.9. The Hall–Kier alpha value is -4.45. The zero-order chi connectivity index (χ0) is 30.0. The van der Waals surface area contributed by atoms with Gasteiger partial charge in [-0.2, -0.15) is 18.2 Å². The highest BCUT2D eigenvalue weighted by molar-refractivity contribution is 8.15. The first-order valence-electron chi connectivity index (χ1n) is 13.1. The molecule has 3 aromatic carbocycles. The number of thioether (sulfide) groups is 1. The first-order chi connectivity index (χ1) is 20.0. The Kier molecular flexibility index (Phi) is 8.17. The number of hydrogen-bond acceptors (Lipinski definition) is 5. The van der Waals surface area contributed by atoms with Gasteiger partial charge in [-0.3, -0.25) is 9.69 Å². The number of nitrogens with zero attached hydrogens (tertiary/aromatic N) is 5. The van der Waals surface area contributed by atoms with Crippen molar-refractivity contribution in [1.82, 2.24) is 20.1 Å². The van der Waals surface area contributed by atoms with Crippen LogP contribution in [0.2, 0.25) is 0 Å². The summed E-state index contributed by atoms with van der Waals surface area (Å²) in [6.45, 7) is 6.27. The number of carbonyl (C=O) groups is 2. The number of anilines is 1. The average Bonchev–Trinajstić information content (AvgIpc) is 3.59. The van der Waals surface area contributed by atoms with E-state index in [4.69, 9.17) is 0 Å². The maximum absolute atomic E-state index is 12.8. The number of benzene rings is 3. The van der Waals surface area contributed by atoms with Crippen LogP contribution in [0.4, 0.5) is 23.7 Å². The molecule has 1 aromatic heterocycles. The lowest BCUT2D eigenvalue weighted by Gasteiger charge is -2.22. The van der Waals surface area contributed by atoms with E-state index in [0.717, 1.165) is 34.5 Å². The second-order valence-corrected chi connectivity index (χ2v) is 11.0. The van der Waals surface area contributed by atoms with E-state index < -0.39 is 17.8 Å². The lowest BCUT2D eigenvalue weighted by molar-refractivity contribution is -0.137. The third-order valence-corrected chi connectivity index (χ3v) is 7.54. The second-order valence-electron chi connectivity index (χ2n) is 10.0. The highest BCUT2D eigenvalue weighted by Gasteiger charge is 2.32. The fourth-order valence-corrected chi connectivity index (χ4v) is 5.27. The van der Waals surface area contributed by atoms with Gasteiger partial charge in [-0.25, -0.2) is 14.5 Å². The van der Waals surface area contributed by atoms with E-state index in [1.807, 2.05) is 37.3 Å². The predicted molar refractivity (Wildman–Crippen MR) is 157 cm³/mol. The Morgan fingerprint density at radius 1 is 1.07 bits per heavy atom. The van der Waals surface area contributed by atoms with Crippen molar-refractivity contribution in [1.29, 1.82) is 0 Å². The molecule has 0 radical (unpaired) electrons. The molecule has 4 aromatic rings. The molecule has 1 N–H and O–H groups in total. The number of aliphatic imine (C=N–C) groups is 1. The number of halogens is 3. The third kappa shape index (κ3) is 6.38. The van der Waals surface area contributed by atoms with Crippen molar-refractivity contribution in [2.45, 2.75) is 39.4 Å². The molecule has 8 nitrogen and oxygen atoms in total. The summed E-state index contributed by atoms with van der Waals surface area (Å²) in [5.41, 5.74) is 3.98. The number of hydrogen-bond donors (Lipinski definition) is 1. The summed E-state index contributed by atoms with van der Waals surface area (Å²) in [6.07, 6.45) is -2.98. The summed E-state index contributed by atoms with van der Waals surface area (Å²) in [4.78, 5) is 35.4. The number of aryl methyl sites for hydroxylation is 1. The minimum atomic E-state index is -4.41. The zero-order valence-electron chi connectivity index (χ0n) is 23.0. The Bertz CT molecular complexity index is 1650. The van der Waals surface area contributed by atoms with Gasteiger partial charge in [0.1, 0.15) is 6.33 Å². The number of amidine groups is 1. The summed E-state index contributed by atoms with van der Waals surface area (Å²) in [5, 5.41) is 7.48. The molecule has 3 amide bonds. The molecular formula is C30H27F3N6O2S. The van der Waals surface area contributed by atoms with Gasteiger partial charge in [0.05, 0.1) is 22.7 Å². The molecule has 0 unspecified atom stereocenters. The van der Waals surface area contributed by atoms with E-state index >= 15 is 0 Å². The van der Waals surface area contributed by atoms with Gasteiger partial charge in [-0.1, -0.05) is 62.0 Å². The third-order valence-electron chi connectivity index (χ3n) is 6.62. The van der Waals surface area contributed by atoms with Gasteiger partial charge in [-0.15, -0.1) is 5.10 Å². The van der Waals surface area contributed by atoms with Gasteiger partial charge in [0.15, 0.2) is 11.0 Å². The van der Waals surface area contributed by atoms with Crippen LogP contribution in [0.5, 0.6) is 0 Å². The van der Waals surface area contributed by atoms with Crippen LogP contribution in [0.15, 0.2) is 78.0 Å². The van der Waals surface area contributed by atoms with E-state index in [9.17, 15) is 22.8 Å². The fourth-order valence-electron chi connectivity index (χ4n) is 4.42. The molecule has 0 aliphatic carbocycles. The lowest BCUT2D eigenvalue weighted by Crippen LogP contribution is -2.32.